The fourth-order valence-electron chi connectivity index (χ4n) is 1.92. The van der Waals surface area contributed by atoms with Gasteiger partial charge in [0, 0.05) is 13.1 Å². The molecule has 1 saturated heterocycles. The first-order chi connectivity index (χ1) is 7.58. The lowest BCUT2D eigenvalue weighted by Gasteiger charge is -2.30. The van der Waals surface area contributed by atoms with Crippen LogP contribution in [-0.4, -0.2) is 35.8 Å². The number of nitrogens with zero attached hydrogens (tertiary/aromatic N) is 1. The van der Waals surface area contributed by atoms with E-state index in [2.05, 4.69) is 0 Å². The third kappa shape index (κ3) is 2.77. The van der Waals surface area contributed by atoms with Gasteiger partial charge in [-0.2, -0.15) is 0 Å². The Balaban J connectivity index is 2.73. The van der Waals surface area contributed by atoms with Crippen LogP contribution in [0, 0.1) is 10.8 Å². The van der Waals surface area contributed by atoms with Crippen molar-refractivity contribution >= 4 is 11.8 Å². The van der Waals surface area contributed by atoms with Crippen LogP contribution in [0.1, 0.15) is 34.1 Å². The minimum atomic E-state index is -0.604. The van der Waals surface area contributed by atoms with E-state index in [9.17, 15) is 9.59 Å². The molecule has 0 aromatic rings. The monoisotopic (exact) mass is 241 g/mol. The van der Waals surface area contributed by atoms with Crippen LogP contribution in [0.4, 0.5) is 0 Å². The first kappa shape index (κ1) is 14.0. The molecule has 0 saturated carbocycles. The molecule has 17 heavy (non-hydrogen) atoms. The lowest BCUT2D eigenvalue weighted by molar-refractivity contribution is -0.134. The number of likely N-dealkylation sites (tertiary alicyclic amines) is 1. The van der Waals surface area contributed by atoms with E-state index in [0.29, 0.717) is 19.5 Å². The molecule has 2 atom stereocenters. The number of rotatable bonds is 2. The highest BCUT2D eigenvalue weighted by Crippen LogP contribution is 2.31. The smallest absolute Gasteiger partial charge is 0.240 e. The molecular weight excluding hydrogens is 218 g/mol. The number of carbonyl (C=O) groups excluding carboxylic acids is 2. The van der Waals surface area contributed by atoms with Gasteiger partial charge in [-0.1, -0.05) is 20.8 Å². The molecule has 5 heteroatoms. The predicted molar refractivity (Wildman–Crippen MR) is 65.9 cm³/mol. The van der Waals surface area contributed by atoms with Gasteiger partial charge >= 0.3 is 0 Å². The van der Waals surface area contributed by atoms with E-state index in [1.807, 2.05) is 20.8 Å². The molecule has 4 N–H and O–H groups in total. The maximum absolute atomic E-state index is 12.2. The summed E-state index contributed by atoms with van der Waals surface area (Å²) < 4.78 is 0. The van der Waals surface area contributed by atoms with Crippen molar-refractivity contribution in [2.45, 2.75) is 40.2 Å². The number of hydrogen-bond acceptors (Lipinski definition) is 3. The molecule has 0 aromatic heterocycles. The molecule has 0 aliphatic carbocycles. The van der Waals surface area contributed by atoms with Gasteiger partial charge in [0.15, 0.2) is 0 Å². The van der Waals surface area contributed by atoms with Crippen molar-refractivity contribution in [1.29, 1.82) is 0 Å². The zero-order chi connectivity index (χ0) is 13.4. The number of nitrogens with two attached hydrogens (primary N) is 2. The normalized spacial score (nSPS) is 27.0. The Kier molecular flexibility index (Phi) is 3.52. The van der Waals surface area contributed by atoms with Gasteiger partial charge in [-0.3, -0.25) is 9.59 Å². The second-order valence-electron chi connectivity index (χ2n) is 6.28. The highest BCUT2D eigenvalue weighted by atomic mass is 16.2. The zero-order valence-electron chi connectivity index (χ0n) is 11.1. The molecule has 1 rings (SSSR count). The van der Waals surface area contributed by atoms with E-state index < -0.39 is 11.5 Å². The molecule has 5 nitrogen and oxygen atoms in total. The van der Waals surface area contributed by atoms with Gasteiger partial charge in [0.2, 0.25) is 11.8 Å². The van der Waals surface area contributed by atoms with E-state index in [0.717, 1.165) is 0 Å². The standard InChI is InChI=1S/C12H23N3O2/c1-11(2,3)8(13)9(16)15-6-5-12(4,7-15)10(14)17/h8H,5-7,13H2,1-4H3,(H2,14,17)/t8-,12?/m0/s1. The molecule has 0 aromatic carbocycles. The van der Waals surface area contributed by atoms with Crippen molar-refractivity contribution in [3.8, 4) is 0 Å². The quantitative estimate of drug-likeness (QED) is 0.717. The van der Waals surface area contributed by atoms with E-state index in [1.54, 1.807) is 11.8 Å². The molecule has 1 unspecified atom stereocenters. The van der Waals surface area contributed by atoms with Gasteiger partial charge in [-0.25, -0.2) is 0 Å². The van der Waals surface area contributed by atoms with Crippen LogP contribution in [0.5, 0.6) is 0 Å². The second kappa shape index (κ2) is 4.29. The van der Waals surface area contributed by atoms with E-state index in [1.165, 1.54) is 0 Å². The number of hydrogen-bond donors (Lipinski definition) is 2. The minimum absolute atomic E-state index is 0.0949. The summed E-state index contributed by atoms with van der Waals surface area (Å²) in [4.78, 5) is 25.1. The largest absolute Gasteiger partial charge is 0.369 e. The van der Waals surface area contributed by atoms with Gasteiger partial charge in [-0.15, -0.1) is 0 Å². The van der Waals surface area contributed by atoms with Crippen LogP contribution in [0.15, 0.2) is 0 Å². The van der Waals surface area contributed by atoms with Crippen LogP contribution in [-0.2, 0) is 9.59 Å². The predicted octanol–water partition coefficient (Wildman–Crippen LogP) is 0.0837. The number of primary amides is 1. The second-order valence-corrected chi connectivity index (χ2v) is 6.28. The minimum Gasteiger partial charge on any atom is -0.369 e. The third-order valence-corrected chi connectivity index (χ3v) is 3.58. The fourth-order valence-corrected chi connectivity index (χ4v) is 1.92. The maximum Gasteiger partial charge on any atom is 0.240 e. The summed E-state index contributed by atoms with van der Waals surface area (Å²) in [5.41, 5.74) is 10.4. The van der Waals surface area contributed by atoms with Crippen molar-refractivity contribution in [2.75, 3.05) is 13.1 Å². The number of carbonyl (C=O) groups is 2. The van der Waals surface area contributed by atoms with Gasteiger partial charge in [0.25, 0.3) is 0 Å². The first-order valence-corrected chi connectivity index (χ1v) is 5.92. The summed E-state index contributed by atoms with van der Waals surface area (Å²) in [6.45, 7) is 8.52. The Morgan fingerprint density at radius 3 is 2.24 bits per heavy atom. The maximum atomic E-state index is 12.2. The third-order valence-electron chi connectivity index (χ3n) is 3.58. The van der Waals surface area contributed by atoms with Crippen molar-refractivity contribution in [1.82, 2.24) is 4.90 Å². The summed E-state index contributed by atoms with van der Waals surface area (Å²) in [7, 11) is 0. The molecule has 98 valence electrons. The molecule has 2 amide bonds. The highest BCUT2D eigenvalue weighted by Gasteiger charge is 2.43. The van der Waals surface area contributed by atoms with Crippen LogP contribution < -0.4 is 11.5 Å². The zero-order valence-corrected chi connectivity index (χ0v) is 11.1. The Morgan fingerprint density at radius 1 is 1.35 bits per heavy atom. The van der Waals surface area contributed by atoms with Gasteiger partial charge in [-0.05, 0) is 18.8 Å². The van der Waals surface area contributed by atoms with E-state index in [4.69, 9.17) is 11.5 Å². The van der Waals surface area contributed by atoms with Gasteiger partial charge in [0.1, 0.15) is 0 Å². The van der Waals surface area contributed by atoms with Crippen molar-refractivity contribution in [3.63, 3.8) is 0 Å². The van der Waals surface area contributed by atoms with Crippen molar-refractivity contribution < 1.29 is 9.59 Å². The van der Waals surface area contributed by atoms with E-state index in [-0.39, 0.29) is 17.2 Å². The van der Waals surface area contributed by atoms with Gasteiger partial charge in [0.05, 0.1) is 11.5 Å². The molecule has 0 bridgehead atoms. The van der Waals surface area contributed by atoms with Crippen LogP contribution >= 0.6 is 0 Å². The molecule has 1 aliphatic rings. The Morgan fingerprint density at radius 2 is 1.88 bits per heavy atom. The average molecular weight is 241 g/mol. The summed E-state index contributed by atoms with van der Waals surface area (Å²) in [5.74, 6) is -0.445. The molecule has 0 spiro atoms. The Bertz CT molecular complexity index is 335. The summed E-state index contributed by atoms with van der Waals surface area (Å²) in [6, 6.07) is -0.544. The number of amides is 2. The Labute approximate surface area is 103 Å². The molecule has 1 fully saturated rings. The summed E-state index contributed by atoms with van der Waals surface area (Å²) in [5, 5.41) is 0. The average Bonchev–Trinajstić information content (AvgIpc) is 2.59. The van der Waals surface area contributed by atoms with Crippen molar-refractivity contribution in [3.05, 3.63) is 0 Å². The fraction of sp³-hybridized carbons (Fsp3) is 0.833. The molecule has 0 radical (unpaired) electrons. The van der Waals surface area contributed by atoms with Crippen LogP contribution in [0.3, 0.4) is 0 Å². The van der Waals surface area contributed by atoms with E-state index >= 15 is 0 Å². The molecule has 1 aliphatic heterocycles. The first-order valence-electron chi connectivity index (χ1n) is 5.92. The molecular formula is C12H23N3O2. The van der Waals surface area contributed by atoms with Crippen LogP contribution in [0.2, 0.25) is 0 Å². The van der Waals surface area contributed by atoms with Gasteiger partial charge < -0.3 is 16.4 Å². The lowest BCUT2D eigenvalue weighted by Crippen LogP contribution is -2.50. The SMILES string of the molecule is CC1(C(N)=O)CCN(C(=O)[C@H](N)C(C)(C)C)C1. The summed E-state index contributed by atoms with van der Waals surface area (Å²) >= 11 is 0. The summed E-state index contributed by atoms with van der Waals surface area (Å²) in [6.07, 6.45) is 0.616. The molecule has 1 heterocycles. The topological polar surface area (TPSA) is 89.4 Å². The highest BCUT2D eigenvalue weighted by molar-refractivity contribution is 5.86. The Hall–Kier alpha value is -1.10. The van der Waals surface area contributed by atoms with Crippen molar-refractivity contribution in [2.24, 2.45) is 22.3 Å². The lowest BCUT2D eigenvalue weighted by atomic mass is 9.86. The van der Waals surface area contributed by atoms with Crippen LogP contribution in [0.25, 0.3) is 0 Å².